The van der Waals surface area contributed by atoms with Crippen LogP contribution < -0.4 is 0 Å². The Bertz CT molecular complexity index is 525. The zero-order valence-electron chi connectivity index (χ0n) is 8.70. The first-order valence-corrected chi connectivity index (χ1v) is 7.18. The zero-order valence-corrected chi connectivity index (χ0v) is 11.1. The van der Waals surface area contributed by atoms with E-state index in [0.29, 0.717) is 5.56 Å². The highest BCUT2D eigenvalue weighted by Crippen LogP contribution is 2.26. The molecule has 0 aliphatic heterocycles. The molecule has 0 aliphatic carbocycles. The number of Topliss-reactive ketones (excluding diaryl/α,β-unsaturated/α-hetero) is 1. The van der Waals surface area contributed by atoms with Crippen LogP contribution in [0.5, 0.6) is 0 Å². The van der Waals surface area contributed by atoms with E-state index < -0.39 is 20.5 Å². The van der Waals surface area contributed by atoms with Crippen molar-refractivity contribution < 1.29 is 17.6 Å². The Morgan fingerprint density at radius 2 is 2.00 bits per heavy atom. The fourth-order valence-corrected chi connectivity index (χ4v) is 2.22. The Balaban J connectivity index is 3.25. The van der Waals surface area contributed by atoms with Crippen LogP contribution in [-0.2, 0) is 14.6 Å². The normalized spacial score (nSPS) is 13.5. The first kappa shape index (κ1) is 13.3. The molecule has 0 aromatic heterocycles. The standard InChI is InChI=1S/C10H10BrFO3S/c1-6(13)10(11)7-3-4-9(8(12)5-7)16(2,14)15/h3-5,10H,1-2H3. The molecule has 1 unspecified atom stereocenters. The van der Waals surface area contributed by atoms with Crippen molar-refractivity contribution in [1.29, 1.82) is 0 Å². The summed E-state index contributed by atoms with van der Waals surface area (Å²) in [6.07, 6.45) is 0.932. The lowest BCUT2D eigenvalue weighted by atomic mass is 10.1. The molecule has 16 heavy (non-hydrogen) atoms. The van der Waals surface area contributed by atoms with Crippen molar-refractivity contribution in [1.82, 2.24) is 0 Å². The number of ketones is 1. The lowest BCUT2D eigenvalue weighted by molar-refractivity contribution is -0.116. The van der Waals surface area contributed by atoms with Gasteiger partial charge in [-0.25, -0.2) is 12.8 Å². The summed E-state index contributed by atoms with van der Waals surface area (Å²) in [6.45, 7) is 1.36. The van der Waals surface area contributed by atoms with Crippen molar-refractivity contribution in [2.45, 2.75) is 16.6 Å². The van der Waals surface area contributed by atoms with Crippen molar-refractivity contribution >= 4 is 31.6 Å². The average Bonchev–Trinajstić information content (AvgIpc) is 2.14. The maximum absolute atomic E-state index is 13.5. The molecule has 0 radical (unpaired) electrons. The van der Waals surface area contributed by atoms with Gasteiger partial charge in [0.2, 0.25) is 0 Å². The van der Waals surface area contributed by atoms with E-state index in [4.69, 9.17) is 0 Å². The number of benzene rings is 1. The minimum Gasteiger partial charge on any atom is -0.298 e. The lowest BCUT2D eigenvalue weighted by Gasteiger charge is -2.08. The third-order valence-electron chi connectivity index (χ3n) is 2.00. The molecule has 1 aromatic rings. The molecule has 1 rings (SSSR count). The number of hydrogen-bond acceptors (Lipinski definition) is 3. The number of carbonyl (C=O) groups excluding carboxylic acids is 1. The minimum absolute atomic E-state index is 0.175. The highest BCUT2D eigenvalue weighted by Gasteiger charge is 2.18. The van der Waals surface area contributed by atoms with Gasteiger partial charge in [-0.2, -0.15) is 0 Å². The van der Waals surface area contributed by atoms with Crippen LogP contribution in [0.2, 0.25) is 0 Å². The molecule has 88 valence electrons. The Labute approximate surface area is 102 Å². The van der Waals surface area contributed by atoms with Crippen molar-refractivity contribution in [2.75, 3.05) is 6.26 Å². The molecule has 0 saturated heterocycles. The molecule has 0 amide bonds. The summed E-state index contributed by atoms with van der Waals surface area (Å²) < 4.78 is 35.8. The Hall–Kier alpha value is -0.750. The van der Waals surface area contributed by atoms with Crippen LogP contribution in [-0.4, -0.2) is 20.5 Å². The molecule has 0 spiro atoms. The topological polar surface area (TPSA) is 51.2 Å². The zero-order chi connectivity index (χ0) is 12.5. The van der Waals surface area contributed by atoms with Gasteiger partial charge in [0, 0.05) is 6.26 Å². The summed E-state index contributed by atoms with van der Waals surface area (Å²) in [5, 5.41) is 0. The molecule has 0 saturated carbocycles. The van der Waals surface area contributed by atoms with E-state index in [0.717, 1.165) is 18.4 Å². The van der Waals surface area contributed by atoms with E-state index in [1.165, 1.54) is 13.0 Å². The Morgan fingerprint density at radius 1 is 1.44 bits per heavy atom. The lowest BCUT2D eigenvalue weighted by Crippen LogP contribution is -2.05. The number of sulfone groups is 1. The second-order valence-corrected chi connectivity index (χ2v) is 6.34. The monoisotopic (exact) mass is 308 g/mol. The van der Waals surface area contributed by atoms with Gasteiger partial charge in [0.25, 0.3) is 0 Å². The van der Waals surface area contributed by atoms with Crippen LogP contribution in [0, 0.1) is 5.82 Å². The molecule has 0 fully saturated rings. The van der Waals surface area contributed by atoms with E-state index in [2.05, 4.69) is 15.9 Å². The molecule has 0 bridgehead atoms. The van der Waals surface area contributed by atoms with E-state index in [9.17, 15) is 17.6 Å². The molecule has 3 nitrogen and oxygen atoms in total. The Morgan fingerprint density at radius 3 is 2.38 bits per heavy atom. The highest BCUT2D eigenvalue weighted by molar-refractivity contribution is 9.09. The van der Waals surface area contributed by atoms with Crippen molar-refractivity contribution in [3.8, 4) is 0 Å². The fraction of sp³-hybridized carbons (Fsp3) is 0.300. The smallest absolute Gasteiger partial charge is 0.178 e. The average molecular weight is 309 g/mol. The van der Waals surface area contributed by atoms with Crippen molar-refractivity contribution in [2.24, 2.45) is 0 Å². The number of halogens is 2. The van der Waals surface area contributed by atoms with E-state index >= 15 is 0 Å². The van der Waals surface area contributed by atoms with Gasteiger partial charge in [-0.15, -0.1) is 0 Å². The van der Waals surface area contributed by atoms with E-state index in [-0.39, 0.29) is 10.7 Å². The van der Waals surface area contributed by atoms with Gasteiger partial charge in [-0.3, -0.25) is 4.79 Å². The summed E-state index contributed by atoms with van der Waals surface area (Å²) >= 11 is 3.09. The van der Waals surface area contributed by atoms with Gasteiger partial charge in [0.05, 0.1) is 4.83 Å². The van der Waals surface area contributed by atoms with Crippen LogP contribution in [0.3, 0.4) is 0 Å². The number of alkyl halides is 1. The van der Waals surface area contributed by atoms with Crippen molar-refractivity contribution in [3.63, 3.8) is 0 Å². The fourth-order valence-electron chi connectivity index (χ4n) is 1.21. The second-order valence-electron chi connectivity index (χ2n) is 3.44. The van der Waals surface area contributed by atoms with Gasteiger partial charge in [0.15, 0.2) is 9.84 Å². The van der Waals surface area contributed by atoms with Crippen LogP contribution >= 0.6 is 15.9 Å². The second kappa shape index (κ2) is 4.63. The predicted octanol–water partition coefficient (Wildman–Crippen LogP) is 2.25. The van der Waals surface area contributed by atoms with Crippen LogP contribution in [0.4, 0.5) is 4.39 Å². The molecular weight excluding hydrogens is 299 g/mol. The molecule has 6 heteroatoms. The van der Waals surface area contributed by atoms with Gasteiger partial charge in [0.1, 0.15) is 16.5 Å². The summed E-state index contributed by atoms with van der Waals surface area (Å²) in [4.78, 5) is 10.1. The SMILES string of the molecule is CC(=O)C(Br)c1ccc(S(C)(=O)=O)c(F)c1. The molecule has 1 aromatic carbocycles. The first-order valence-electron chi connectivity index (χ1n) is 4.37. The van der Waals surface area contributed by atoms with Gasteiger partial charge < -0.3 is 0 Å². The van der Waals surface area contributed by atoms with Crippen LogP contribution in [0.1, 0.15) is 17.3 Å². The summed E-state index contributed by atoms with van der Waals surface area (Å²) in [5.41, 5.74) is 0.400. The summed E-state index contributed by atoms with van der Waals surface area (Å²) in [5.74, 6) is -1.02. The summed E-state index contributed by atoms with van der Waals surface area (Å²) in [6, 6.07) is 3.63. The maximum atomic E-state index is 13.5. The van der Waals surface area contributed by atoms with Crippen LogP contribution in [0.15, 0.2) is 23.1 Å². The van der Waals surface area contributed by atoms with Gasteiger partial charge in [-0.1, -0.05) is 22.0 Å². The minimum atomic E-state index is -3.57. The van der Waals surface area contributed by atoms with E-state index in [1.807, 2.05) is 0 Å². The molecule has 0 aliphatic rings. The quantitative estimate of drug-likeness (QED) is 0.805. The third kappa shape index (κ3) is 2.89. The highest BCUT2D eigenvalue weighted by atomic mass is 79.9. The van der Waals surface area contributed by atoms with Crippen LogP contribution in [0.25, 0.3) is 0 Å². The van der Waals surface area contributed by atoms with E-state index in [1.54, 1.807) is 0 Å². The molecular formula is C10H10BrFO3S. The number of carbonyl (C=O) groups is 1. The molecule has 1 atom stereocenters. The number of rotatable bonds is 3. The maximum Gasteiger partial charge on any atom is 0.178 e. The molecule has 0 N–H and O–H groups in total. The number of hydrogen-bond donors (Lipinski definition) is 0. The third-order valence-corrected chi connectivity index (χ3v) is 4.31. The summed E-state index contributed by atoms with van der Waals surface area (Å²) in [7, 11) is -3.57. The van der Waals surface area contributed by atoms with Gasteiger partial charge in [-0.05, 0) is 24.6 Å². The molecule has 0 heterocycles. The predicted molar refractivity (Wildman–Crippen MR) is 61.9 cm³/mol. The Kier molecular flexibility index (Phi) is 3.85. The first-order chi connectivity index (χ1) is 7.23. The van der Waals surface area contributed by atoms with Gasteiger partial charge >= 0.3 is 0 Å². The van der Waals surface area contributed by atoms with Crippen molar-refractivity contribution in [3.05, 3.63) is 29.6 Å². The largest absolute Gasteiger partial charge is 0.298 e.